The molecule has 3 N–H and O–H groups in total. The smallest absolute Gasteiger partial charge is 0.189 e. The Kier molecular flexibility index (Phi) is 7.72. The van der Waals surface area contributed by atoms with Crippen molar-refractivity contribution in [3.8, 4) is 0 Å². The molecular formula is C16H20Cl2IN5S. The number of nitrogens with zero attached hydrogens (tertiary/aromatic N) is 3. The van der Waals surface area contributed by atoms with Crippen LogP contribution in [0.15, 0.2) is 34.5 Å². The van der Waals surface area contributed by atoms with Gasteiger partial charge in [0.05, 0.1) is 11.7 Å². The number of fused-ring (bicyclic) bond motifs is 1. The number of aromatic nitrogens is 2. The van der Waals surface area contributed by atoms with Gasteiger partial charge in [0.2, 0.25) is 0 Å². The van der Waals surface area contributed by atoms with Crippen molar-refractivity contribution in [3.05, 3.63) is 45.7 Å². The van der Waals surface area contributed by atoms with Crippen molar-refractivity contribution >= 4 is 64.9 Å². The lowest BCUT2D eigenvalue weighted by molar-refractivity contribution is 0.707. The van der Waals surface area contributed by atoms with Crippen LogP contribution in [0.3, 0.4) is 0 Å². The summed E-state index contributed by atoms with van der Waals surface area (Å²) < 4.78 is 2.19. The molecular weight excluding hydrogens is 492 g/mol. The highest BCUT2D eigenvalue weighted by Crippen LogP contribution is 2.26. The zero-order valence-corrected chi connectivity index (χ0v) is 18.4. The van der Waals surface area contributed by atoms with Gasteiger partial charge in [0.25, 0.3) is 0 Å². The summed E-state index contributed by atoms with van der Waals surface area (Å²) in [4.78, 5) is 8.95. The summed E-state index contributed by atoms with van der Waals surface area (Å²) in [6.45, 7) is 3.62. The van der Waals surface area contributed by atoms with E-state index in [0.29, 0.717) is 22.5 Å². The van der Waals surface area contributed by atoms with Gasteiger partial charge < -0.3 is 15.6 Å². The van der Waals surface area contributed by atoms with Crippen LogP contribution < -0.4 is 11.1 Å². The van der Waals surface area contributed by atoms with Gasteiger partial charge in [-0.25, -0.2) is 4.98 Å². The van der Waals surface area contributed by atoms with E-state index >= 15 is 0 Å². The van der Waals surface area contributed by atoms with Gasteiger partial charge in [-0.05, 0) is 24.6 Å². The largest absolute Gasteiger partial charge is 0.370 e. The van der Waals surface area contributed by atoms with Gasteiger partial charge >= 0.3 is 0 Å². The first-order valence-electron chi connectivity index (χ1n) is 7.73. The summed E-state index contributed by atoms with van der Waals surface area (Å²) in [7, 11) is 0. The first kappa shape index (κ1) is 20.7. The second-order valence-electron chi connectivity index (χ2n) is 5.61. The lowest BCUT2D eigenvalue weighted by Gasteiger charge is -2.16. The Bertz CT molecular complexity index is 743. The predicted octanol–water partition coefficient (Wildman–Crippen LogP) is 4.12. The lowest BCUT2D eigenvalue weighted by atomic mass is 10.1. The van der Waals surface area contributed by atoms with Crippen molar-refractivity contribution < 1.29 is 0 Å². The van der Waals surface area contributed by atoms with E-state index in [0.717, 1.165) is 35.1 Å². The van der Waals surface area contributed by atoms with Gasteiger partial charge in [0.15, 0.2) is 11.1 Å². The Balaban J connectivity index is 0.00000225. The fraction of sp³-hybridized carbons (Fsp3) is 0.375. The van der Waals surface area contributed by atoms with E-state index in [-0.39, 0.29) is 30.0 Å². The highest BCUT2D eigenvalue weighted by atomic mass is 127. The van der Waals surface area contributed by atoms with Crippen molar-refractivity contribution in [1.82, 2.24) is 14.9 Å². The third-order valence-electron chi connectivity index (χ3n) is 3.80. The highest BCUT2D eigenvalue weighted by molar-refractivity contribution is 14.0. The standard InChI is InChI=1S/C16H19Cl2N5S.HI/c1-10(13-3-2-11(17)8-14(13)18)21-15(19)20-5-4-12-9-23-6-7-24-16(23)22-12;/h2-3,8-10H,4-7H2,1H3,(H3,19,20,21);1H. The molecule has 0 aliphatic carbocycles. The van der Waals surface area contributed by atoms with Crippen LogP contribution in [-0.4, -0.2) is 27.8 Å². The number of rotatable bonds is 5. The van der Waals surface area contributed by atoms with Gasteiger partial charge in [-0.2, -0.15) is 0 Å². The average molecular weight is 512 g/mol. The highest BCUT2D eigenvalue weighted by Gasteiger charge is 2.14. The van der Waals surface area contributed by atoms with E-state index in [2.05, 4.69) is 26.1 Å². The molecule has 5 nitrogen and oxygen atoms in total. The molecule has 1 unspecified atom stereocenters. The molecule has 9 heteroatoms. The first-order chi connectivity index (χ1) is 11.5. The monoisotopic (exact) mass is 511 g/mol. The molecule has 2 aromatic rings. The Morgan fingerprint density at radius 3 is 3.00 bits per heavy atom. The minimum absolute atomic E-state index is 0. The molecule has 0 bridgehead atoms. The third-order valence-corrected chi connectivity index (χ3v) is 5.33. The normalized spacial score (nSPS) is 14.8. The van der Waals surface area contributed by atoms with Crippen LogP contribution in [0.4, 0.5) is 0 Å². The number of aliphatic imine (C=N–C) groups is 1. The molecule has 0 saturated heterocycles. The predicted molar refractivity (Wildman–Crippen MR) is 117 cm³/mol. The molecule has 0 spiro atoms. The number of imidazole rings is 1. The maximum atomic E-state index is 6.21. The molecule has 1 aliphatic rings. The fourth-order valence-electron chi connectivity index (χ4n) is 2.57. The van der Waals surface area contributed by atoms with Crippen LogP contribution >= 0.6 is 58.9 Å². The number of nitrogens with one attached hydrogen (secondary N) is 1. The van der Waals surface area contributed by atoms with E-state index in [4.69, 9.17) is 28.9 Å². The second-order valence-corrected chi connectivity index (χ2v) is 7.51. The topological polar surface area (TPSA) is 68.2 Å². The minimum Gasteiger partial charge on any atom is -0.370 e. The van der Waals surface area contributed by atoms with E-state index < -0.39 is 0 Å². The summed E-state index contributed by atoms with van der Waals surface area (Å²) in [5.74, 6) is 1.51. The lowest BCUT2D eigenvalue weighted by Crippen LogP contribution is -2.34. The molecule has 0 amide bonds. The van der Waals surface area contributed by atoms with Crippen LogP contribution in [0, 0.1) is 0 Å². The molecule has 1 aromatic carbocycles. The molecule has 2 heterocycles. The summed E-state index contributed by atoms with van der Waals surface area (Å²) >= 11 is 13.9. The molecule has 0 fully saturated rings. The minimum atomic E-state index is -0.0497. The maximum absolute atomic E-state index is 6.21. The van der Waals surface area contributed by atoms with Crippen LogP contribution in [0.5, 0.6) is 0 Å². The summed E-state index contributed by atoms with van der Waals surface area (Å²) in [6, 6.07) is 5.37. The molecule has 1 aromatic heterocycles. The van der Waals surface area contributed by atoms with Crippen LogP contribution in [0.2, 0.25) is 10.0 Å². The Hall–Kier alpha value is -0.640. The zero-order chi connectivity index (χ0) is 17.1. The fourth-order valence-corrected chi connectivity index (χ4v) is 4.11. The van der Waals surface area contributed by atoms with Gasteiger partial charge in [0.1, 0.15) is 0 Å². The molecule has 3 rings (SSSR count). The summed E-state index contributed by atoms with van der Waals surface area (Å²) in [6.07, 6.45) is 2.88. The number of nitrogens with two attached hydrogens (primary N) is 1. The first-order valence-corrected chi connectivity index (χ1v) is 9.47. The van der Waals surface area contributed by atoms with Crippen LogP contribution in [-0.2, 0) is 13.0 Å². The molecule has 0 saturated carbocycles. The SMILES string of the molecule is CC(NC(N)=NCCc1cn2c(n1)SCC2)c1ccc(Cl)cc1Cl.I. The van der Waals surface area contributed by atoms with Crippen molar-refractivity contribution in [2.75, 3.05) is 12.3 Å². The molecule has 1 atom stereocenters. The van der Waals surface area contributed by atoms with E-state index in [1.165, 1.54) is 0 Å². The van der Waals surface area contributed by atoms with Crippen LogP contribution in [0.25, 0.3) is 0 Å². The quantitative estimate of drug-likeness (QED) is 0.360. The Morgan fingerprint density at radius 2 is 2.28 bits per heavy atom. The number of hydrogen-bond acceptors (Lipinski definition) is 3. The van der Waals surface area contributed by atoms with Gasteiger partial charge in [-0.3, -0.25) is 4.99 Å². The number of hydrogen-bond donors (Lipinski definition) is 2. The summed E-state index contributed by atoms with van der Waals surface area (Å²) in [5, 5.41) is 5.48. The number of halogens is 3. The van der Waals surface area contributed by atoms with Crippen molar-refractivity contribution in [1.29, 1.82) is 0 Å². The number of guanidine groups is 1. The van der Waals surface area contributed by atoms with Gasteiger partial charge in [0, 0.05) is 41.5 Å². The zero-order valence-electron chi connectivity index (χ0n) is 13.7. The number of benzene rings is 1. The Labute approximate surface area is 178 Å². The van der Waals surface area contributed by atoms with Crippen molar-refractivity contribution in [2.24, 2.45) is 10.7 Å². The number of thioether (sulfide) groups is 1. The van der Waals surface area contributed by atoms with E-state index in [9.17, 15) is 0 Å². The second kappa shape index (κ2) is 9.34. The number of aryl methyl sites for hydroxylation is 1. The van der Waals surface area contributed by atoms with Crippen molar-refractivity contribution in [3.63, 3.8) is 0 Å². The molecule has 136 valence electrons. The third kappa shape index (κ3) is 5.42. The summed E-state index contributed by atoms with van der Waals surface area (Å²) in [5.41, 5.74) is 7.96. The molecule has 0 radical (unpaired) electrons. The van der Waals surface area contributed by atoms with E-state index in [1.807, 2.05) is 19.1 Å². The maximum Gasteiger partial charge on any atom is 0.189 e. The van der Waals surface area contributed by atoms with Gasteiger partial charge in [-0.1, -0.05) is 41.0 Å². The van der Waals surface area contributed by atoms with Crippen molar-refractivity contribution in [2.45, 2.75) is 31.1 Å². The molecule has 1 aliphatic heterocycles. The molecule has 25 heavy (non-hydrogen) atoms. The Morgan fingerprint density at radius 1 is 1.48 bits per heavy atom. The van der Waals surface area contributed by atoms with Crippen LogP contribution in [0.1, 0.15) is 24.2 Å². The van der Waals surface area contributed by atoms with Gasteiger partial charge in [-0.15, -0.1) is 24.0 Å². The average Bonchev–Trinajstić information content (AvgIpc) is 3.08. The van der Waals surface area contributed by atoms with E-state index in [1.54, 1.807) is 17.8 Å².